The Morgan fingerprint density at radius 3 is 2.35 bits per heavy atom. The third-order valence-electron chi connectivity index (χ3n) is 3.92. The molecule has 1 atom stereocenters. The summed E-state index contributed by atoms with van der Waals surface area (Å²) in [6.07, 6.45) is 2.52. The molecule has 1 saturated heterocycles. The zero-order valence-corrected chi connectivity index (χ0v) is 12.4. The molecule has 2 N–H and O–H groups in total. The van der Waals surface area contributed by atoms with Crippen LogP contribution in [0, 0.1) is 5.92 Å². The van der Waals surface area contributed by atoms with Crippen LogP contribution in [0.15, 0.2) is 0 Å². The van der Waals surface area contributed by atoms with Crippen molar-refractivity contribution in [2.75, 3.05) is 33.2 Å². The third kappa shape index (κ3) is 3.67. The molecule has 1 heterocycles. The molecule has 1 fully saturated rings. The summed E-state index contributed by atoms with van der Waals surface area (Å²) in [5, 5.41) is 0. The molecule has 0 saturated carbocycles. The Balaban J connectivity index is 2.86. The first-order chi connectivity index (χ1) is 7.91. The molecule has 0 aromatic rings. The number of nitrogens with zero attached hydrogens (tertiary/aromatic N) is 2. The largest absolute Gasteiger partial charge is 0.329 e. The van der Waals surface area contributed by atoms with Crippen molar-refractivity contribution in [3.8, 4) is 0 Å². The Morgan fingerprint density at radius 1 is 1.29 bits per heavy atom. The molecule has 0 aliphatic carbocycles. The molecular weight excluding hydrogens is 210 g/mol. The standard InChI is InChI=1S/C14H31N3/c1-12(2)9-17(13(3)4)14(10-15)7-6-8-16(5)11-14/h12-13H,6-11,15H2,1-5H3. The van der Waals surface area contributed by atoms with E-state index >= 15 is 0 Å². The topological polar surface area (TPSA) is 32.5 Å². The molecule has 0 aromatic carbocycles. The summed E-state index contributed by atoms with van der Waals surface area (Å²) in [6.45, 7) is 13.5. The van der Waals surface area contributed by atoms with E-state index in [0.717, 1.165) is 19.6 Å². The lowest BCUT2D eigenvalue weighted by Crippen LogP contribution is -2.64. The van der Waals surface area contributed by atoms with Gasteiger partial charge < -0.3 is 10.6 Å². The lowest BCUT2D eigenvalue weighted by Gasteiger charge is -2.51. The molecular formula is C14H31N3. The van der Waals surface area contributed by atoms with Gasteiger partial charge in [-0.05, 0) is 46.2 Å². The van der Waals surface area contributed by atoms with E-state index in [2.05, 4.69) is 44.5 Å². The Morgan fingerprint density at radius 2 is 1.94 bits per heavy atom. The smallest absolute Gasteiger partial charge is 0.0461 e. The summed E-state index contributed by atoms with van der Waals surface area (Å²) in [5.74, 6) is 0.702. The van der Waals surface area contributed by atoms with Crippen LogP contribution in [0.4, 0.5) is 0 Å². The van der Waals surface area contributed by atoms with Crippen LogP contribution in [-0.4, -0.2) is 54.6 Å². The Labute approximate surface area is 107 Å². The zero-order valence-electron chi connectivity index (χ0n) is 12.4. The van der Waals surface area contributed by atoms with Gasteiger partial charge in [0.25, 0.3) is 0 Å². The molecule has 0 spiro atoms. The molecule has 17 heavy (non-hydrogen) atoms. The number of likely N-dealkylation sites (tertiary alicyclic amines) is 1. The van der Waals surface area contributed by atoms with Gasteiger partial charge in [-0.15, -0.1) is 0 Å². The maximum absolute atomic E-state index is 6.15. The van der Waals surface area contributed by atoms with Crippen LogP contribution in [0.2, 0.25) is 0 Å². The zero-order chi connectivity index (χ0) is 13.1. The summed E-state index contributed by atoms with van der Waals surface area (Å²) in [6, 6.07) is 0.576. The Kier molecular flexibility index (Phi) is 5.42. The van der Waals surface area contributed by atoms with Gasteiger partial charge in [-0.25, -0.2) is 0 Å². The second-order valence-corrected chi connectivity index (χ2v) is 6.41. The summed E-state index contributed by atoms with van der Waals surface area (Å²) < 4.78 is 0. The maximum atomic E-state index is 6.15. The van der Waals surface area contributed by atoms with Crippen molar-refractivity contribution >= 4 is 0 Å². The number of rotatable bonds is 5. The molecule has 0 bridgehead atoms. The molecule has 1 rings (SSSR count). The van der Waals surface area contributed by atoms with Crippen molar-refractivity contribution in [2.45, 2.75) is 52.1 Å². The summed E-state index contributed by atoms with van der Waals surface area (Å²) in [4.78, 5) is 5.08. The molecule has 0 radical (unpaired) electrons. The van der Waals surface area contributed by atoms with Crippen molar-refractivity contribution in [3.63, 3.8) is 0 Å². The van der Waals surface area contributed by atoms with E-state index < -0.39 is 0 Å². The van der Waals surface area contributed by atoms with Crippen molar-refractivity contribution in [3.05, 3.63) is 0 Å². The fourth-order valence-electron chi connectivity index (χ4n) is 3.20. The van der Waals surface area contributed by atoms with E-state index in [9.17, 15) is 0 Å². The van der Waals surface area contributed by atoms with Crippen molar-refractivity contribution in [1.82, 2.24) is 9.80 Å². The van der Waals surface area contributed by atoms with Crippen LogP contribution < -0.4 is 5.73 Å². The van der Waals surface area contributed by atoms with Gasteiger partial charge in [-0.1, -0.05) is 13.8 Å². The van der Waals surface area contributed by atoms with Crippen LogP contribution in [-0.2, 0) is 0 Å². The highest BCUT2D eigenvalue weighted by atomic mass is 15.3. The SMILES string of the molecule is CC(C)CN(C(C)C)C1(CN)CCCN(C)C1. The van der Waals surface area contributed by atoms with Gasteiger partial charge in [-0.3, -0.25) is 4.90 Å². The molecule has 1 aliphatic rings. The average molecular weight is 241 g/mol. The van der Waals surface area contributed by atoms with Crippen LogP contribution >= 0.6 is 0 Å². The van der Waals surface area contributed by atoms with E-state index in [1.807, 2.05) is 0 Å². The second kappa shape index (κ2) is 6.17. The van der Waals surface area contributed by atoms with Gasteiger partial charge in [-0.2, -0.15) is 0 Å². The van der Waals surface area contributed by atoms with Crippen LogP contribution in [0.1, 0.15) is 40.5 Å². The number of nitrogens with two attached hydrogens (primary N) is 1. The van der Waals surface area contributed by atoms with Crippen LogP contribution in [0.3, 0.4) is 0 Å². The van der Waals surface area contributed by atoms with Crippen LogP contribution in [0.5, 0.6) is 0 Å². The molecule has 0 amide bonds. The molecule has 1 unspecified atom stereocenters. The lowest BCUT2D eigenvalue weighted by atomic mass is 9.85. The van der Waals surface area contributed by atoms with Crippen LogP contribution in [0.25, 0.3) is 0 Å². The molecule has 3 nitrogen and oxygen atoms in total. The molecule has 1 aliphatic heterocycles. The number of hydrogen-bond acceptors (Lipinski definition) is 3. The predicted octanol–water partition coefficient (Wildman–Crippen LogP) is 1.78. The Bertz CT molecular complexity index is 228. The highest BCUT2D eigenvalue weighted by Gasteiger charge is 2.39. The summed E-state index contributed by atoms with van der Waals surface area (Å²) in [5.41, 5.74) is 6.35. The van der Waals surface area contributed by atoms with Gasteiger partial charge in [0, 0.05) is 31.2 Å². The first-order valence-corrected chi connectivity index (χ1v) is 7.06. The van der Waals surface area contributed by atoms with Gasteiger partial charge >= 0.3 is 0 Å². The number of hydrogen-bond donors (Lipinski definition) is 1. The fraction of sp³-hybridized carbons (Fsp3) is 1.00. The minimum Gasteiger partial charge on any atom is -0.329 e. The minimum absolute atomic E-state index is 0.200. The van der Waals surface area contributed by atoms with Crippen molar-refractivity contribution in [1.29, 1.82) is 0 Å². The minimum atomic E-state index is 0.200. The Hall–Kier alpha value is -0.120. The summed E-state index contributed by atoms with van der Waals surface area (Å²) in [7, 11) is 2.22. The van der Waals surface area contributed by atoms with E-state index in [-0.39, 0.29) is 5.54 Å². The highest BCUT2D eigenvalue weighted by Crippen LogP contribution is 2.29. The lowest BCUT2D eigenvalue weighted by molar-refractivity contribution is -0.00322. The maximum Gasteiger partial charge on any atom is 0.0461 e. The number of likely N-dealkylation sites (N-methyl/N-ethyl adjacent to an activating group) is 1. The highest BCUT2D eigenvalue weighted by molar-refractivity contribution is 4.98. The quantitative estimate of drug-likeness (QED) is 0.796. The van der Waals surface area contributed by atoms with E-state index in [4.69, 9.17) is 5.73 Å². The average Bonchev–Trinajstić information content (AvgIpc) is 2.25. The molecule has 0 aromatic heterocycles. The van der Waals surface area contributed by atoms with Gasteiger partial charge in [0.05, 0.1) is 0 Å². The molecule has 3 heteroatoms. The predicted molar refractivity (Wildman–Crippen MR) is 75.2 cm³/mol. The monoisotopic (exact) mass is 241 g/mol. The third-order valence-corrected chi connectivity index (χ3v) is 3.92. The first-order valence-electron chi connectivity index (χ1n) is 7.06. The van der Waals surface area contributed by atoms with E-state index in [1.54, 1.807) is 0 Å². The second-order valence-electron chi connectivity index (χ2n) is 6.41. The van der Waals surface area contributed by atoms with E-state index in [0.29, 0.717) is 12.0 Å². The van der Waals surface area contributed by atoms with E-state index in [1.165, 1.54) is 19.4 Å². The number of piperidine rings is 1. The van der Waals surface area contributed by atoms with Gasteiger partial charge in [0.15, 0.2) is 0 Å². The first kappa shape index (κ1) is 14.9. The van der Waals surface area contributed by atoms with Crippen molar-refractivity contribution < 1.29 is 0 Å². The fourth-order valence-corrected chi connectivity index (χ4v) is 3.20. The van der Waals surface area contributed by atoms with Gasteiger partial charge in [0.1, 0.15) is 0 Å². The molecule has 102 valence electrons. The van der Waals surface area contributed by atoms with Crippen molar-refractivity contribution in [2.24, 2.45) is 11.7 Å². The summed E-state index contributed by atoms with van der Waals surface area (Å²) >= 11 is 0. The normalized spacial score (nSPS) is 27.4. The van der Waals surface area contributed by atoms with Gasteiger partial charge in [0.2, 0.25) is 0 Å².